The first-order valence-electron chi connectivity index (χ1n) is 5.76. The van der Waals surface area contributed by atoms with Gasteiger partial charge in [-0.15, -0.1) is 0 Å². The lowest BCUT2D eigenvalue weighted by molar-refractivity contribution is 0.0468. The minimum absolute atomic E-state index is 0.716. The van der Waals surface area contributed by atoms with Gasteiger partial charge in [-0.2, -0.15) is 11.8 Å². The minimum Gasteiger partial charge on any atom is -0.255 e. The average Bonchev–Trinajstić information content (AvgIpc) is 2.16. The third-order valence-electron chi connectivity index (χ3n) is 3.01. The second-order valence-electron chi connectivity index (χ2n) is 4.29. The van der Waals surface area contributed by atoms with E-state index in [-0.39, 0.29) is 0 Å². The molecule has 0 amide bonds. The van der Waals surface area contributed by atoms with Crippen LogP contribution in [0, 0.1) is 0 Å². The van der Waals surface area contributed by atoms with E-state index in [4.69, 9.17) is 0 Å². The molecule has 0 spiro atoms. The number of nitrogens with zero attached hydrogens (tertiary/aromatic N) is 1. The van der Waals surface area contributed by atoms with Crippen molar-refractivity contribution in [3.63, 3.8) is 0 Å². The summed E-state index contributed by atoms with van der Waals surface area (Å²) in [4.78, 5) is 0. The van der Waals surface area contributed by atoms with Gasteiger partial charge in [0.15, 0.2) is 0 Å². The van der Waals surface area contributed by atoms with Crippen LogP contribution in [-0.4, -0.2) is 35.6 Å². The van der Waals surface area contributed by atoms with Crippen LogP contribution in [0.1, 0.15) is 39.5 Å². The summed E-state index contributed by atoms with van der Waals surface area (Å²) in [7, 11) is 0. The van der Waals surface area contributed by atoms with Crippen molar-refractivity contribution in [1.29, 1.82) is 0 Å². The molecule has 84 valence electrons. The van der Waals surface area contributed by atoms with Gasteiger partial charge in [-0.25, -0.2) is 5.01 Å². The number of piperidine rings is 1. The Hall–Kier alpha value is 0.270. The lowest BCUT2D eigenvalue weighted by atomic mass is 10.00. The Labute approximate surface area is 92.8 Å². The SMILES string of the molecule is CSCCCNN1C(C)CCCC1C. The zero-order valence-electron chi connectivity index (χ0n) is 9.75. The van der Waals surface area contributed by atoms with Gasteiger partial charge in [0.05, 0.1) is 0 Å². The maximum Gasteiger partial charge on any atom is 0.0218 e. The lowest BCUT2D eigenvalue weighted by Gasteiger charge is -2.39. The largest absolute Gasteiger partial charge is 0.255 e. The number of nitrogens with one attached hydrogen (secondary N) is 1. The summed E-state index contributed by atoms with van der Waals surface area (Å²) in [5, 5.41) is 2.46. The predicted molar refractivity (Wildman–Crippen MR) is 65.6 cm³/mol. The molecule has 1 rings (SSSR count). The Balaban J connectivity index is 2.19. The second kappa shape index (κ2) is 6.70. The fraction of sp³-hybridized carbons (Fsp3) is 1.00. The standard InChI is InChI=1S/C11H24N2S/c1-10-6-4-7-11(2)13(10)12-8-5-9-14-3/h10-12H,4-9H2,1-3H3. The molecule has 1 fully saturated rings. The van der Waals surface area contributed by atoms with E-state index in [9.17, 15) is 0 Å². The Kier molecular flexibility index (Phi) is 5.90. The lowest BCUT2D eigenvalue weighted by Crippen LogP contribution is -2.52. The molecule has 1 N–H and O–H groups in total. The van der Waals surface area contributed by atoms with Gasteiger partial charge in [-0.1, -0.05) is 6.42 Å². The maximum atomic E-state index is 3.58. The number of hydrogen-bond acceptors (Lipinski definition) is 3. The molecule has 3 heteroatoms. The van der Waals surface area contributed by atoms with E-state index in [1.54, 1.807) is 0 Å². The van der Waals surface area contributed by atoms with Crippen molar-refractivity contribution < 1.29 is 0 Å². The third-order valence-corrected chi connectivity index (χ3v) is 3.71. The van der Waals surface area contributed by atoms with Crippen LogP contribution in [-0.2, 0) is 0 Å². The molecule has 0 bridgehead atoms. The molecule has 0 saturated carbocycles. The van der Waals surface area contributed by atoms with Crippen LogP contribution in [0.4, 0.5) is 0 Å². The molecule has 1 aliphatic heterocycles. The molecular formula is C11H24N2S. The van der Waals surface area contributed by atoms with Crippen molar-refractivity contribution in [2.75, 3.05) is 18.6 Å². The first kappa shape index (κ1) is 12.3. The summed E-state index contributed by atoms with van der Waals surface area (Å²) >= 11 is 1.93. The van der Waals surface area contributed by atoms with Gasteiger partial charge in [-0.3, -0.25) is 5.43 Å². The van der Waals surface area contributed by atoms with E-state index >= 15 is 0 Å². The van der Waals surface area contributed by atoms with Crippen LogP contribution in [0.5, 0.6) is 0 Å². The highest BCUT2D eigenvalue weighted by molar-refractivity contribution is 7.98. The van der Waals surface area contributed by atoms with Crippen LogP contribution in [0.3, 0.4) is 0 Å². The monoisotopic (exact) mass is 216 g/mol. The van der Waals surface area contributed by atoms with Gasteiger partial charge in [-0.05, 0) is 45.1 Å². The number of hydrogen-bond donors (Lipinski definition) is 1. The molecule has 0 aromatic carbocycles. The Morgan fingerprint density at radius 3 is 2.50 bits per heavy atom. The number of thioether (sulfide) groups is 1. The van der Waals surface area contributed by atoms with Gasteiger partial charge < -0.3 is 0 Å². The summed E-state index contributed by atoms with van der Waals surface area (Å²) in [5.74, 6) is 1.27. The smallest absolute Gasteiger partial charge is 0.0218 e. The Bertz CT molecular complexity index is 142. The summed E-state index contributed by atoms with van der Waals surface area (Å²) in [6.07, 6.45) is 7.54. The average molecular weight is 216 g/mol. The molecule has 14 heavy (non-hydrogen) atoms. The van der Waals surface area contributed by atoms with Crippen LogP contribution in [0.2, 0.25) is 0 Å². The highest BCUT2D eigenvalue weighted by atomic mass is 32.2. The van der Waals surface area contributed by atoms with E-state index in [2.05, 4.69) is 30.5 Å². The van der Waals surface area contributed by atoms with Crippen molar-refractivity contribution in [2.45, 2.75) is 51.6 Å². The first-order valence-corrected chi connectivity index (χ1v) is 7.16. The van der Waals surface area contributed by atoms with Crippen LogP contribution in [0.25, 0.3) is 0 Å². The van der Waals surface area contributed by atoms with Gasteiger partial charge in [0.2, 0.25) is 0 Å². The molecule has 0 aliphatic carbocycles. The Morgan fingerprint density at radius 2 is 1.93 bits per heavy atom. The number of hydrazine groups is 1. The summed E-state index contributed by atoms with van der Waals surface area (Å²) in [6.45, 7) is 5.80. The zero-order chi connectivity index (χ0) is 10.4. The molecule has 1 saturated heterocycles. The number of rotatable bonds is 5. The molecule has 1 aliphatic rings. The quantitative estimate of drug-likeness (QED) is 0.711. The summed E-state index contributed by atoms with van der Waals surface area (Å²) in [6, 6.07) is 1.43. The summed E-state index contributed by atoms with van der Waals surface area (Å²) < 4.78 is 0. The topological polar surface area (TPSA) is 15.3 Å². The van der Waals surface area contributed by atoms with E-state index < -0.39 is 0 Å². The zero-order valence-corrected chi connectivity index (χ0v) is 10.6. The molecule has 2 nitrogen and oxygen atoms in total. The second-order valence-corrected chi connectivity index (χ2v) is 5.28. The van der Waals surface area contributed by atoms with E-state index in [1.165, 1.54) is 31.4 Å². The van der Waals surface area contributed by atoms with Gasteiger partial charge >= 0.3 is 0 Å². The maximum absolute atomic E-state index is 3.58. The molecule has 0 aromatic heterocycles. The fourth-order valence-electron chi connectivity index (χ4n) is 2.16. The molecular weight excluding hydrogens is 192 g/mol. The molecule has 2 unspecified atom stereocenters. The van der Waals surface area contributed by atoms with Crippen molar-refractivity contribution in [2.24, 2.45) is 0 Å². The van der Waals surface area contributed by atoms with Gasteiger partial charge in [0.1, 0.15) is 0 Å². The van der Waals surface area contributed by atoms with Crippen molar-refractivity contribution in [1.82, 2.24) is 10.4 Å². The molecule has 1 heterocycles. The summed E-state index contributed by atoms with van der Waals surface area (Å²) in [5.41, 5.74) is 3.58. The fourth-order valence-corrected chi connectivity index (χ4v) is 2.59. The van der Waals surface area contributed by atoms with Crippen molar-refractivity contribution in [3.05, 3.63) is 0 Å². The van der Waals surface area contributed by atoms with E-state index in [0.717, 1.165) is 6.54 Å². The van der Waals surface area contributed by atoms with Crippen LogP contribution < -0.4 is 5.43 Å². The van der Waals surface area contributed by atoms with Gasteiger partial charge in [0.25, 0.3) is 0 Å². The highest BCUT2D eigenvalue weighted by Crippen LogP contribution is 2.19. The van der Waals surface area contributed by atoms with Crippen molar-refractivity contribution >= 4 is 11.8 Å². The Morgan fingerprint density at radius 1 is 1.29 bits per heavy atom. The predicted octanol–water partition coefficient (Wildman–Crippen LogP) is 2.51. The highest BCUT2D eigenvalue weighted by Gasteiger charge is 2.23. The van der Waals surface area contributed by atoms with Gasteiger partial charge in [0, 0.05) is 18.6 Å². The molecule has 0 radical (unpaired) electrons. The first-order chi connectivity index (χ1) is 6.75. The van der Waals surface area contributed by atoms with Crippen LogP contribution in [0.15, 0.2) is 0 Å². The molecule has 0 aromatic rings. The minimum atomic E-state index is 0.716. The van der Waals surface area contributed by atoms with E-state index in [0.29, 0.717) is 12.1 Å². The molecule has 2 atom stereocenters. The van der Waals surface area contributed by atoms with Crippen molar-refractivity contribution in [3.8, 4) is 0 Å². The third kappa shape index (κ3) is 3.79. The van der Waals surface area contributed by atoms with E-state index in [1.807, 2.05) is 11.8 Å². The van der Waals surface area contributed by atoms with Crippen LogP contribution >= 0.6 is 11.8 Å². The normalized spacial score (nSPS) is 29.4.